The Morgan fingerprint density at radius 3 is 2.78 bits per heavy atom. The lowest BCUT2D eigenvalue weighted by Crippen LogP contribution is -2.34. The second-order valence-electron chi connectivity index (χ2n) is 5.94. The Bertz CT molecular complexity index is 270. The zero-order chi connectivity index (χ0) is 13.4. The SMILES string of the molecule is CCSC1CCCC1NCCCCC(C)(C)C#N. The molecule has 0 radical (unpaired) electrons. The van der Waals surface area contributed by atoms with Crippen LogP contribution in [0.1, 0.15) is 59.3 Å². The second-order valence-corrected chi connectivity index (χ2v) is 7.45. The summed E-state index contributed by atoms with van der Waals surface area (Å²) in [5, 5.41) is 13.5. The highest BCUT2D eigenvalue weighted by Crippen LogP contribution is 2.30. The molecule has 3 heteroatoms. The average Bonchev–Trinajstić information content (AvgIpc) is 2.77. The van der Waals surface area contributed by atoms with Crippen LogP contribution >= 0.6 is 11.8 Å². The van der Waals surface area contributed by atoms with Gasteiger partial charge in [-0.25, -0.2) is 0 Å². The van der Waals surface area contributed by atoms with Gasteiger partial charge in [0.15, 0.2) is 0 Å². The molecule has 0 saturated heterocycles. The fourth-order valence-corrected chi connectivity index (χ4v) is 3.83. The molecule has 2 nitrogen and oxygen atoms in total. The Balaban J connectivity index is 2.09. The van der Waals surface area contributed by atoms with Crippen molar-refractivity contribution in [1.29, 1.82) is 5.26 Å². The van der Waals surface area contributed by atoms with E-state index in [0.29, 0.717) is 0 Å². The predicted octanol–water partition coefficient (Wildman–Crippen LogP) is 3.97. The van der Waals surface area contributed by atoms with Gasteiger partial charge >= 0.3 is 0 Å². The minimum absolute atomic E-state index is 0.145. The van der Waals surface area contributed by atoms with E-state index in [1.807, 2.05) is 13.8 Å². The number of nitrogens with zero attached hydrogens (tertiary/aromatic N) is 1. The Morgan fingerprint density at radius 1 is 1.33 bits per heavy atom. The first kappa shape index (κ1) is 15.9. The van der Waals surface area contributed by atoms with Gasteiger partial charge in [0.05, 0.1) is 11.5 Å². The summed E-state index contributed by atoms with van der Waals surface area (Å²) in [6, 6.07) is 3.11. The third-order valence-corrected chi connectivity index (χ3v) is 5.10. The monoisotopic (exact) mass is 268 g/mol. The van der Waals surface area contributed by atoms with Crippen LogP contribution in [0.3, 0.4) is 0 Å². The van der Waals surface area contributed by atoms with Crippen LogP contribution in [0.2, 0.25) is 0 Å². The summed E-state index contributed by atoms with van der Waals surface area (Å²) in [6.07, 6.45) is 7.50. The summed E-state index contributed by atoms with van der Waals surface area (Å²) in [6.45, 7) is 7.44. The van der Waals surface area contributed by atoms with Gasteiger partial charge in [-0.3, -0.25) is 0 Å². The topological polar surface area (TPSA) is 35.8 Å². The van der Waals surface area contributed by atoms with E-state index in [-0.39, 0.29) is 5.41 Å². The quantitative estimate of drug-likeness (QED) is 0.677. The van der Waals surface area contributed by atoms with Gasteiger partial charge < -0.3 is 5.32 Å². The van der Waals surface area contributed by atoms with Crippen LogP contribution in [-0.2, 0) is 0 Å². The van der Waals surface area contributed by atoms with Gasteiger partial charge in [-0.2, -0.15) is 17.0 Å². The normalized spacial score (nSPS) is 24.1. The van der Waals surface area contributed by atoms with E-state index >= 15 is 0 Å². The lowest BCUT2D eigenvalue weighted by molar-refractivity contribution is 0.415. The third kappa shape index (κ3) is 5.63. The van der Waals surface area contributed by atoms with Crippen LogP contribution in [0, 0.1) is 16.7 Å². The van der Waals surface area contributed by atoms with E-state index in [1.165, 1.54) is 31.4 Å². The molecule has 18 heavy (non-hydrogen) atoms. The van der Waals surface area contributed by atoms with Gasteiger partial charge in [-0.1, -0.05) is 19.8 Å². The van der Waals surface area contributed by atoms with Gasteiger partial charge in [-0.05, 0) is 51.8 Å². The maximum atomic E-state index is 8.95. The summed E-state index contributed by atoms with van der Waals surface area (Å²) >= 11 is 2.11. The molecule has 0 heterocycles. The van der Waals surface area contributed by atoms with Crippen LogP contribution in [0.15, 0.2) is 0 Å². The minimum Gasteiger partial charge on any atom is -0.313 e. The number of hydrogen-bond donors (Lipinski definition) is 1. The van der Waals surface area contributed by atoms with Gasteiger partial charge in [0.25, 0.3) is 0 Å². The number of nitriles is 1. The minimum atomic E-state index is -0.145. The number of nitrogens with one attached hydrogen (secondary N) is 1. The van der Waals surface area contributed by atoms with E-state index in [0.717, 1.165) is 30.7 Å². The van der Waals surface area contributed by atoms with Crippen molar-refractivity contribution >= 4 is 11.8 Å². The van der Waals surface area contributed by atoms with E-state index in [4.69, 9.17) is 5.26 Å². The third-order valence-electron chi connectivity index (χ3n) is 3.77. The van der Waals surface area contributed by atoms with Crippen molar-refractivity contribution in [2.75, 3.05) is 12.3 Å². The van der Waals surface area contributed by atoms with Crippen molar-refractivity contribution in [1.82, 2.24) is 5.32 Å². The molecule has 1 saturated carbocycles. The molecule has 1 rings (SSSR count). The number of hydrogen-bond acceptors (Lipinski definition) is 3. The Kier molecular flexibility index (Phi) is 7.11. The van der Waals surface area contributed by atoms with Gasteiger partial charge in [0.1, 0.15) is 0 Å². The van der Waals surface area contributed by atoms with Crippen LogP contribution in [0.4, 0.5) is 0 Å². The molecule has 1 N–H and O–H groups in total. The Labute approximate surface area is 117 Å². The van der Waals surface area contributed by atoms with Gasteiger partial charge in [0.2, 0.25) is 0 Å². The molecule has 0 aromatic rings. The highest BCUT2D eigenvalue weighted by atomic mass is 32.2. The van der Waals surface area contributed by atoms with Crippen LogP contribution < -0.4 is 5.32 Å². The molecule has 0 aromatic carbocycles. The molecule has 104 valence electrons. The molecule has 0 spiro atoms. The molecule has 1 fully saturated rings. The standard InChI is InChI=1S/C15H28N2S/c1-4-18-14-9-7-8-13(14)17-11-6-5-10-15(2,3)12-16/h13-14,17H,4-11H2,1-3H3. The van der Waals surface area contributed by atoms with Crippen molar-refractivity contribution in [3.8, 4) is 6.07 Å². The summed E-state index contributed by atoms with van der Waals surface area (Å²) in [5.41, 5.74) is -0.145. The second kappa shape index (κ2) is 8.07. The van der Waals surface area contributed by atoms with Crippen molar-refractivity contribution in [3.05, 3.63) is 0 Å². The molecular formula is C15H28N2S. The molecule has 2 unspecified atom stereocenters. The number of unbranched alkanes of at least 4 members (excludes halogenated alkanes) is 1. The maximum Gasteiger partial charge on any atom is 0.0683 e. The molecule has 2 atom stereocenters. The molecule has 0 amide bonds. The van der Waals surface area contributed by atoms with Gasteiger partial charge in [0, 0.05) is 11.3 Å². The lowest BCUT2D eigenvalue weighted by Gasteiger charge is -2.20. The first-order valence-corrected chi connectivity index (χ1v) is 8.40. The Morgan fingerprint density at radius 2 is 2.11 bits per heavy atom. The first-order chi connectivity index (χ1) is 8.59. The number of thioether (sulfide) groups is 1. The molecule has 1 aliphatic rings. The molecule has 0 aliphatic heterocycles. The Hall–Kier alpha value is -0.200. The lowest BCUT2D eigenvalue weighted by atomic mass is 9.89. The van der Waals surface area contributed by atoms with Crippen LogP contribution in [-0.4, -0.2) is 23.6 Å². The first-order valence-electron chi connectivity index (χ1n) is 7.35. The zero-order valence-corrected chi connectivity index (χ0v) is 13.0. The fourth-order valence-electron chi connectivity index (χ4n) is 2.61. The molecular weight excluding hydrogens is 240 g/mol. The highest BCUT2D eigenvalue weighted by molar-refractivity contribution is 7.99. The van der Waals surface area contributed by atoms with Crippen molar-refractivity contribution in [3.63, 3.8) is 0 Å². The van der Waals surface area contributed by atoms with E-state index in [2.05, 4.69) is 30.1 Å². The van der Waals surface area contributed by atoms with Gasteiger partial charge in [-0.15, -0.1) is 0 Å². The smallest absolute Gasteiger partial charge is 0.0683 e. The summed E-state index contributed by atoms with van der Waals surface area (Å²) < 4.78 is 0. The van der Waals surface area contributed by atoms with Crippen molar-refractivity contribution in [2.24, 2.45) is 5.41 Å². The van der Waals surface area contributed by atoms with Crippen LogP contribution in [0.5, 0.6) is 0 Å². The molecule has 0 bridgehead atoms. The summed E-state index contributed by atoms with van der Waals surface area (Å²) in [5.74, 6) is 1.24. The van der Waals surface area contributed by atoms with Crippen molar-refractivity contribution in [2.45, 2.75) is 70.6 Å². The predicted molar refractivity (Wildman–Crippen MR) is 80.8 cm³/mol. The summed E-state index contributed by atoms with van der Waals surface area (Å²) in [7, 11) is 0. The largest absolute Gasteiger partial charge is 0.313 e. The maximum absolute atomic E-state index is 8.95. The fraction of sp³-hybridized carbons (Fsp3) is 0.933. The zero-order valence-electron chi connectivity index (χ0n) is 12.2. The molecule has 1 aliphatic carbocycles. The van der Waals surface area contributed by atoms with Crippen molar-refractivity contribution < 1.29 is 0 Å². The van der Waals surface area contributed by atoms with E-state index < -0.39 is 0 Å². The van der Waals surface area contributed by atoms with E-state index in [1.54, 1.807) is 0 Å². The molecule has 0 aromatic heterocycles. The van der Waals surface area contributed by atoms with Crippen LogP contribution in [0.25, 0.3) is 0 Å². The van der Waals surface area contributed by atoms with E-state index in [9.17, 15) is 0 Å². The summed E-state index contributed by atoms with van der Waals surface area (Å²) in [4.78, 5) is 0. The average molecular weight is 268 g/mol. The highest BCUT2D eigenvalue weighted by Gasteiger charge is 2.26. The number of rotatable bonds is 8.